The SMILES string of the molecule is CC1CC(C)CN(C(=O)C2CCN(C(=O)c3ccc(F)cc3F)CC2)C1. The fourth-order valence-corrected chi connectivity index (χ4v) is 4.26. The van der Waals surface area contributed by atoms with E-state index in [-0.39, 0.29) is 17.4 Å². The van der Waals surface area contributed by atoms with Gasteiger partial charge in [0.05, 0.1) is 5.56 Å². The Balaban J connectivity index is 1.58. The van der Waals surface area contributed by atoms with Gasteiger partial charge in [-0.05, 0) is 43.2 Å². The zero-order chi connectivity index (χ0) is 18.8. The van der Waals surface area contributed by atoms with E-state index in [0.29, 0.717) is 37.8 Å². The first-order valence-corrected chi connectivity index (χ1v) is 9.38. The third-order valence-corrected chi connectivity index (χ3v) is 5.47. The van der Waals surface area contributed by atoms with Crippen molar-refractivity contribution < 1.29 is 18.4 Å². The van der Waals surface area contributed by atoms with Crippen molar-refractivity contribution in [3.05, 3.63) is 35.4 Å². The maximum Gasteiger partial charge on any atom is 0.256 e. The molecule has 26 heavy (non-hydrogen) atoms. The molecule has 2 atom stereocenters. The molecule has 142 valence electrons. The summed E-state index contributed by atoms with van der Waals surface area (Å²) in [6.07, 6.45) is 2.33. The quantitative estimate of drug-likeness (QED) is 0.808. The lowest BCUT2D eigenvalue weighted by Crippen LogP contribution is -2.48. The Morgan fingerprint density at radius 2 is 1.62 bits per heavy atom. The largest absolute Gasteiger partial charge is 0.342 e. The molecule has 2 fully saturated rings. The van der Waals surface area contributed by atoms with Gasteiger partial charge in [0.25, 0.3) is 5.91 Å². The smallest absolute Gasteiger partial charge is 0.256 e. The normalized spacial score (nSPS) is 24.6. The van der Waals surface area contributed by atoms with Crippen LogP contribution in [0.5, 0.6) is 0 Å². The Labute approximate surface area is 153 Å². The summed E-state index contributed by atoms with van der Waals surface area (Å²) >= 11 is 0. The molecule has 2 saturated heterocycles. The zero-order valence-corrected chi connectivity index (χ0v) is 15.4. The number of amides is 2. The second-order valence-corrected chi connectivity index (χ2v) is 7.88. The van der Waals surface area contributed by atoms with Crippen molar-refractivity contribution >= 4 is 11.8 Å². The Kier molecular flexibility index (Phi) is 5.58. The first-order chi connectivity index (χ1) is 12.3. The van der Waals surface area contributed by atoms with Gasteiger partial charge in [0.15, 0.2) is 0 Å². The molecule has 1 aromatic rings. The van der Waals surface area contributed by atoms with E-state index in [9.17, 15) is 18.4 Å². The van der Waals surface area contributed by atoms with Crippen molar-refractivity contribution in [2.45, 2.75) is 33.1 Å². The number of hydrogen-bond acceptors (Lipinski definition) is 2. The number of piperidine rings is 2. The van der Waals surface area contributed by atoms with Crippen molar-refractivity contribution in [3.63, 3.8) is 0 Å². The highest BCUT2D eigenvalue weighted by Crippen LogP contribution is 2.26. The van der Waals surface area contributed by atoms with Gasteiger partial charge in [-0.3, -0.25) is 9.59 Å². The molecule has 3 rings (SSSR count). The number of carbonyl (C=O) groups is 2. The van der Waals surface area contributed by atoms with Crippen LogP contribution < -0.4 is 0 Å². The molecule has 6 heteroatoms. The predicted octanol–water partition coefficient (Wildman–Crippen LogP) is 3.32. The van der Waals surface area contributed by atoms with E-state index in [1.54, 1.807) is 4.90 Å². The highest BCUT2D eigenvalue weighted by molar-refractivity contribution is 5.94. The van der Waals surface area contributed by atoms with Gasteiger partial charge in [0.2, 0.25) is 5.91 Å². The first kappa shape index (κ1) is 18.8. The third-order valence-electron chi connectivity index (χ3n) is 5.47. The molecule has 0 saturated carbocycles. The van der Waals surface area contributed by atoms with Crippen LogP contribution in [0.25, 0.3) is 0 Å². The average Bonchev–Trinajstić information content (AvgIpc) is 2.60. The van der Waals surface area contributed by atoms with Gasteiger partial charge in [-0.15, -0.1) is 0 Å². The van der Waals surface area contributed by atoms with E-state index in [2.05, 4.69) is 13.8 Å². The monoisotopic (exact) mass is 364 g/mol. The molecule has 2 amide bonds. The van der Waals surface area contributed by atoms with Crippen LogP contribution in [0.15, 0.2) is 18.2 Å². The minimum Gasteiger partial charge on any atom is -0.342 e. The summed E-state index contributed by atoms with van der Waals surface area (Å²) in [5.41, 5.74) is -0.116. The van der Waals surface area contributed by atoms with Crippen LogP contribution in [0.3, 0.4) is 0 Å². The lowest BCUT2D eigenvalue weighted by molar-refractivity contribution is -0.139. The number of carbonyl (C=O) groups excluding carboxylic acids is 2. The molecule has 2 heterocycles. The molecule has 0 bridgehead atoms. The second-order valence-electron chi connectivity index (χ2n) is 7.88. The van der Waals surface area contributed by atoms with Gasteiger partial charge < -0.3 is 9.80 Å². The number of hydrogen-bond donors (Lipinski definition) is 0. The molecule has 0 spiro atoms. The minimum absolute atomic E-state index is 0.0744. The van der Waals surface area contributed by atoms with Crippen molar-refractivity contribution in [2.24, 2.45) is 17.8 Å². The lowest BCUT2D eigenvalue weighted by atomic mass is 9.89. The van der Waals surface area contributed by atoms with Crippen molar-refractivity contribution in [1.82, 2.24) is 9.80 Å². The Morgan fingerprint density at radius 1 is 1.00 bits per heavy atom. The summed E-state index contributed by atoms with van der Waals surface area (Å²) in [5, 5.41) is 0. The number of rotatable bonds is 2. The average molecular weight is 364 g/mol. The molecule has 2 aliphatic heterocycles. The fourth-order valence-electron chi connectivity index (χ4n) is 4.26. The van der Waals surface area contributed by atoms with E-state index in [1.807, 2.05) is 4.90 Å². The number of nitrogens with zero attached hydrogens (tertiary/aromatic N) is 2. The molecular formula is C20H26F2N2O2. The van der Waals surface area contributed by atoms with Gasteiger partial charge in [-0.25, -0.2) is 8.78 Å². The first-order valence-electron chi connectivity index (χ1n) is 9.38. The van der Waals surface area contributed by atoms with Gasteiger partial charge >= 0.3 is 0 Å². The van der Waals surface area contributed by atoms with E-state index in [0.717, 1.165) is 31.6 Å². The van der Waals surface area contributed by atoms with Crippen molar-refractivity contribution in [3.8, 4) is 0 Å². The predicted molar refractivity (Wildman–Crippen MR) is 94.5 cm³/mol. The van der Waals surface area contributed by atoms with E-state index >= 15 is 0 Å². The highest BCUT2D eigenvalue weighted by atomic mass is 19.1. The summed E-state index contributed by atoms with van der Waals surface area (Å²) in [4.78, 5) is 28.8. The molecule has 1 aromatic carbocycles. The zero-order valence-electron chi connectivity index (χ0n) is 15.4. The van der Waals surface area contributed by atoms with Gasteiger partial charge in [-0.1, -0.05) is 13.8 Å². The Bertz CT molecular complexity index is 676. The summed E-state index contributed by atoms with van der Waals surface area (Å²) in [6.45, 7) is 6.81. The van der Waals surface area contributed by atoms with Crippen LogP contribution >= 0.6 is 0 Å². The number of benzene rings is 1. The second kappa shape index (κ2) is 7.72. The fraction of sp³-hybridized carbons (Fsp3) is 0.600. The van der Waals surface area contributed by atoms with Crippen molar-refractivity contribution in [1.29, 1.82) is 0 Å². The van der Waals surface area contributed by atoms with Gasteiger partial charge in [-0.2, -0.15) is 0 Å². The van der Waals surface area contributed by atoms with E-state index in [4.69, 9.17) is 0 Å². The summed E-state index contributed by atoms with van der Waals surface area (Å²) in [5.74, 6) is -0.832. The van der Waals surface area contributed by atoms with Crippen molar-refractivity contribution in [2.75, 3.05) is 26.2 Å². The molecule has 0 aromatic heterocycles. The topological polar surface area (TPSA) is 40.6 Å². The molecular weight excluding hydrogens is 338 g/mol. The molecule has 2 unspecified atom stereocenters. The Hall–Kier alpha value is -1.98. The maximum absolute atomic E-state index is 13.8. The molecule has 0 aliphatic carbocycles. The lowest BCUT2D eigenvalue weighted by Gasteiger charge is -2.39. The Morgan fingerprint density at radius 3 is 2.19 bits per heavy atom. The van der Waals surface area contributed by atoms with Crippen LogP contribution in [0.1, 0.15) is 43.5 Å². The minimum atomic E-state index is -0.843. The standard InChI is InChI=1S/C20H26F2N2O2/c1-13-9-14(2)12-24(11-13)19(25)15-5-7-23(8-6-15)20(26)17-4-3-16(21)10-18(17)22/h3-4,10,13-15H,5-9,11-12H2,1-2H3. The van der Waals surface area contributed by atoms with Gasteiger partial charge in [0, 0.05) is 38.2 Å². The number of likely N-dealkylation sites (tertiary alicyclic amines) is 2. The summed E-state index contributed by atoms with van der Waals surface area (Å²) < 4.78 is 26.8. The summed E-state index contributed by atoms with van der Waals surface area (Å²) in [7, 11) is 0. The summed E-state index contributed by atoms with van der Waals surface area (Å²) in [6, 6.07) is 2.99. The third kappa shape index (κ3) is 4.05. The maximum atomic E-state index is 13.8. The van der Waals surface area contributed by atoms with Crippen LogP contribution in [-0.2, 0) is 4.79 Å². The molecule has 2 aliphatic rings. The van der Waals surface area contributed by atoms with Crippen LogP contribution in [0, 0.1) is 29.4 Å². The highest BCUT2D eigenvalue weighted by Gasteiger charge is 2.33. The van der Waals surface area contributed by atoms with Gasteiger partial charge in [0.1, 0.15) is 11.6 Å². The van der Waals surface area contributed by atoms with Crippen LogP contribution in [-0.4, -0.2) is 47.8 Å². The van der Waals surface area contributed by atoms with Crippen LogP contribution in [0.4, 0.5) is 8.78 Å². The number of halogens is 2. The molecule has 0 N–H and O–H groups in total. The molecule has 0 radical (unpaired) electrons. The van der Waals surface area contributed by atoms with Crippen LogP contribution in [0.2, 0.25) is 0 Å². The van der Waals surface area contributed by atoms with E-state index in [1.165, 1.54) is 6.07 Å². The van der Waals surface area contributed by atoms with E-state index < -0.39 is 17.5 Å². The molecule has 4 nitrogen and oxygen atoms in total.